The van der Waals surface area contributed by atoms with E-state index >= 15 is 0 Å². The van der Waals surface area contributed by atoms with E-state index in [0.29, 0.717) is 12.2 Å². The van der Waals surface area contributed by atoms with Gasteiger partial charge in [-0.15, -0.1) is 6.58 Å². The lowest BCUT2D eigenvalue weighted by Crippen LogP contribution is -2.04. The van der Waals surface area contributed by atoms with Crippen LogP contribution in [0.15, 0.2) is 30.9 Å². The molecule has 0 aliphatic rings. The van der Waals surface area contributed by atoms with E-state index in [0.717, 1.165) is 0 Å². The summed E-state index contributed by atoms with van der Waals surface area (Å²) in [4.78, 5) is 20.6. The van der Waals surface area contributed by atoms with Crippen molar-refractivity contribution in [2.75, 3.05) is 11.9 Å². The van der Waals surface area contributed by atoms with E-state index in [1.807, 2.05) is 0 Å². The summed E-state index contributed by atoms with van der Waals surface area (Å²) in [6.07, 6.45) is 1.59. The number of hydrogen-bond donors (Lipinski definition) is 2. The lowest BCUT2D eigenvalue weighted by molar-refractivity contribution is -0.385. The van der Waals surface area contributed by atoms with Gasteiger partial charge in [-0.25, -0.2) is 4.79 Å². The Balaban J connectivity index is 3.12. The second-order valence-electron chi connectivity index (χ2n) is 2.96. The van der Waals surface area contributed by atoms with Gasteiger partial charge in [0.1, 0.15) is 5.56 Å². The first kappa shape index (κ1) is 11.7. The predicted molar refractivity (Wildman–Crippen MR) is 58.7 cm³/mol. The van der Waals surface area contributed by atoms with Crippen molar-refractivity contribution in [2.24, 2.45) is 0 Å². The molecule has 0 unspecified atom stereocenters. The van der Waals surface area contributed by atoms with E-state index < -0.39 is 16.6 Å². The zero-order chi connectivity index (χ0) is 12.1. The standard InChI is InChI=1S/C10H10N2O4/c1-2-5-11-7-3-4-8(10(13)14)9(6-7)12(15)16/h2-4,6,11H,1,5H2,(H,13,14). The molecule has 0 aromatic heterocycles. The molecular weight excluding hydrogens is 212 g/mol. The van der Waals surface area contributed by atoms with Gasteiger partial charge in [-0.05, 0) is 12.1 Å². The quantitative estimate of drug-likeness (QED) is 0.451. The molecule has 0 bridgehead atoms. The SMILES string of the molecule is C=CCNc1ccc(C(=O)O)c([N+](=O)[O-])c1. The van der Waals surface area contributed by atoms with E-state index in [1.54, 1.807) is 6.08 Å². The summed E-state index contributed by atoms with van der Waals surface area (Å²) >= 11 is 0. The molecule has 0 radical (unpaired) electrons. The number of nitrogens with zero attached hydrogens (tertiary/aromatic N) is 1. The van der Waals surface area contributed by atoms with Crippen molar-refractivity contribution in [2.45, 2.75) is 0 Å². The number of benzene rings is 1. The molecule has 1 aromatic rings. The summed E-state index contributed by atoms with van der Waals surface area (Å²) in [6.45, 7) is 3.94. The van der Waals surface area contributed by atoms with Crippen molar-refractivity contribution in [1.29, 1.82) is 0 Å². The second-order valence-corrected chi connectivity index (χ2v) is 2.96. The number of rotatable bonds is 5. The lowest BCUT2D eigenvalue weighted by Gasteiger charge is -2.04. The summed E-state index contributed by atoms with van der Waals surface area (Å²) in [5.41, 5.74) is -0.271. The van der Waals surface area contributed by atoms with Crippen LogP contribution in [0.4, 0.5) is 11.4 Å². The Morgan fingerprint density at radius 3 is 2.81 bits per heavy atom. The molecule has 16 heavy (non-hydrogen) atoms. The molecule has 2 N–H and O–H groups in total. The maximum absolute atomic E-state index is 10.7. The number of nitro groups is 1. The van der Waals surface area contributed by atoms with Crippen LogP contribution in [-0.4, -0.2) is 22.5 Å². The Bertz CT molecular complexity index is 442. The normalized spacial score (nSPS) is 9.50. The highest BCUT2D eigenvalue weighted by Crippen LogP contribution is 2.23. The van der Waals surface area contributed by atoms with Crippen LogP contribution < -0.4 is 5.32 Å². The van der Waals surface area contributed by atoms with Crippen molar-refractivity contribution in [1.82, 2.24) is 0 Å². The van der Waals surface area contributed by atoms with E-state index in [9.17, 15) is 14.9 Å². The average Bonchev–Trinajstić information content (AvgIpc) is 2.25. The molecule has 84 valence electrons. The van der Waals surface area contributed by atoms with Crippen molar-refractivity contribution in [3.8, 4) is 0 Å². The van der Waals surface area contributed by atoms with Gasteiger partial charge >= 0.3 is 5.97 Å². The van der Waals surface area contributed by atoms with Gasteiger partial charge < -0.3 is 10.4 Å². The molecule has 0 saturated heterocycles. The summed E-state index contributed by atoms with van der Waals surface area (Å²) in [5, 5.41) is 22.2. The van der Waals surface area contributed by atoms with E-state index in [1.165, 1.54) is 18.2 Å². The minimum Gasteiger partial charge on any atom is -0.477 e. The first-order chi connectivity index (χ1) is 7.56. The molecule has 1 aromatic carbocycles. The van der Waals surface area contributed by atoms with Crippen LogP contribution in [0.25, 0.3) is 0 Å². The molecule has 0 aliphatic carbocycles. The topological polar surface area (TPSA) is 92.5 Å². The Kier molecular flexibility index (Phi) is 3.60. The fourth-order valence-corrected chi connectivity index (χ4v) is 1.16. The van der Waals surface area contributed by atoms with Crippen LogP contribution in [0.2, 0.25) is 0 Å². The monoisotopic (exact) mass is 222 g/mol. The van der Waals surface area contributed by atoms with Crippen LogP contribution in [0.1, 0.15) is 10.4 Å². The number of carbonyl (C=O) groups is 1. The number of nitro benzene ring substituents is 1. The zero-order valence-electron chi connectivity index (χ0n) is 8.34. The largest absolute Gasteiger partial charge is 0.477 e. The van der Waals surface area contributed by atoms with Crippen LogP contribution >= 0.6 is 0 Å². The Morgan fingerprint density at radius 1 is 1.62 bits per heavy atom. The van der Waals surface area contributed by atoms with Crippen LogP contribution in [0.3, 0.4) is 0 Å². The molecular formula is C10H10N2O4. The molecule has 0 atom stereocenters. The van der Waals surface area contributed by atoms with Crippen molar-refractivity contribution >= 4 is 17.3 Å². The highest BCUT2D eigenvalue weighted by Gasteiger charge is 2.19. The molecule has 0 amide bonds. The third kappa shape index (κ3) is 2.57. The Labute approximate surface area is 91.4 Å². The minimum atomic E-state index is -1.32. The van der Waals surface area contributed by atoms with Gasteiger partial charge in [-0.3, -0.25) is 10.1 Å². The first-order valence-electron chi connectivity index (χ1n) is 4.42. The van der Waals surface area contributed by atoms with Gasteiger partial charge in [0, 0.05) is 18.3 Å². The number of carboxylic acid groups (broad SMARTS) is 1. The third-order valence-electron chi connectivity index (χ3n) is 1.88. The predicted octanol–water partition coefficient (Wildman–Crippen LogP) is 1.89. The van der Waals surface area contributed by atoms with Gasteiger partial charge in [0.25, 0.3) is 5.69 Å². The van der Waals surface area contributed by atoms with Crippen molar-refractivity contribution in [3.05, 3.63) is 46.5 Å². The highest BCUT2D eigenvalue weighted by molar-refractivity contribution is 5.93. The first-order valence-corrected chi connectivity index (χ1v) is 4.42. The fraction of sp³-hybridized carbons (Fsp3) is 0.100. The summed E-state index contributed by atoms with van der Waals surface area (Å²) in [5.74, 6) is -1.32. The molecule has 0 spiro atoms. The molecule has 0 heterocycles. The van der Waals surface area contributed by atoms with Gasteiger partial charge in [-0.1, -0.05) is 6.08 Å². The third-order valence-corrected chi connectivity index (χ3v) is 1.88. The van der Waals surface area contributed by atoms with Crippen LogP contribution in [-0.2, 0) is 0 Å². The van der Waals surface area contributed by atoms with Crippen molar-refractivity contribution < 1.29 is 14.8 Å². The maximum Gasteiger partial charge on any atom is 0.342 e. The van der Waals surface area contributed by atoms with Crippen LogP contribution in [0, 0.1) is 10.1 Å². The maximum atomic E-state index is 10.7. The molecule has 6 heteroatoms. The van der Waals surface area contributed by atoms with E-state index in [4.69, 9.17) is 5.11 Å². The highest BCUT2D eigenvalue weighted by atomic mass is 16.6. The molecule has 0 fully saturated rings. The smallest absolute Gasteiger partial charge is 0.342 e. The number of nitrogens with one attached hydrogen (secondary N) is 1. The summed E-state index contributed by atoms with van der Waals surface area (Å²) < 4.78 is 0. The lowest BCUT2D eigenvalue weighted by atomic mass is 10.1. The molecule has 0 aliphatic heterocycles. The number of aromatic carboxylic acids is 1. The second kappa shape index (κ2) is 4.92. The number of hydrogen-bond acceptors (Lipinski definition) is 4. The van der Waals surface area contributed by atoms with Crippen LogP contribution in [0.5, 0.6) is 0 Å². The Hall–Kier alpha value is -2.37. The Morgan fingerprint density at radius 2 is 2.31 bits per heavy atom. The minimum absolute atomic E-state index is 0.325. The molecule has 1 rings (SSSR count). The van der Waals surface area contributed by atoms with E-state index in [-0.39, 0.29) is 5.56 Å². The summed E-state index contributed by atoms with van der Waals surface area (Å²) in [6, 6.07) is 3.86. The average molecular weight is 222 g/mol. The molecule has 0 saturated carbocycles. The zero-order valence-corrected chi connectivity index (χ0v) is 8.34. The van der Waals surface area contributed by atoms with Gasteiger partial charge in [0.2, 0.25) is 0 Å². The summed E-state index contributed by atoms with van der Waals surface area (Å²) in [7, 11) is 0. The fourth-order valence-electron chi connectivity index (χ4n) is 1.16. The molecule has 6 nitrogen and oxygen atoms in total. The van der Waals surface area contributed by atoms with Crippen molar-refractivity contribution in [3.63, 3.8) is 0 Å². The van der Waals surface area contributed by atoms with Gasteiger partial charge in [0.15, 0.2) is 0 Å². The number of anilines is 1. The van der Waals surface area contributed by atoms with E-state index in [2.05, 4.69) is 11.9 Å². The number of carboxylic acids is 1. The van der Waals surface area contributed by atoms with Gasteiger partial charge in [-0.2, -0.15) is 0 Å². The van der Waals surface area contributed by atoms with Gasteiger partial charge in [0.05, 0.1) is 4.92 Å².